The van der Waals surface area contributed by atoms with E-state index in [1.165, 1.54) is 9.13 Å². The number of aliphatic hydroxyl groups excluding tert-OH is 3. The number of hydrogen-bond donors (Lipinski definition) is 3. The normalized spacial score (nSPS) is 27.7. The lowest BCUT2D eigenvalue weighted by Crippen LogP contribution is -2.46. The van der Waals surface area contributed by atoms with Gasteiger partial charge in [-0.1, -0.05) is 4.98 Å². The molecule has 1 fully saturated rings. The molecular weight excluding hydrogens is 306 g/mol. The Morgan fingerprint density at radius 3 is 2.61 bits per heavy atom. The van der Waals surface area contributed by atoms with Gasteiger partial charge >= 0.3 is 11.6 Å². The van der Waals surface area contributed by atoms with Crippen molar-refractivity contribution in [3.8, 4) is 5.88 Å². The summed E-state index contributed by atoms with van der Waals surface area (Å²) < 4.78 is 8.51. The second-order valence-corrected chi connectivity index (χ2v) is 5.76. The van der Waals surface area contributed by atoms with Crippen LogP contribution in [0, 0.1) is 0 Å². The molecule has 0 unspecified atom stereocenters. The van der Waals surface area contributed by atoms with E-state index in [9.17, 15) is 20.4 Å². The van der Waals surface area contributed by atoms with E-state index in [0.717, 1.165) is 0 Å². The van der Waals surface area contributed by atoms with Crippen LogP contribution in [0.25, 0.3) is 11.2 Å². The highest BCUT2D eigenvalue weighted by Gasteiger charge is 2.46. The van der Waals surface area contributed by atoms with E-state index < -0.39 is 37.0 Å². The fourth-order valence-electron chi connectivity index (χ4n) is 2.70. The highest BCUT2D eigenvalue weighted by Crippen LogP contribution is 2.28. The van der Waals surface area contributed by atoms with Crippen LogP contribution in [0.1, 0.15) is 6.23 Å². The summed E-state index contributed by atoms with van der Waals surface area (Å²) in [4.78, 5) is 9.82. The van der Waals surface area contributed by atoms with Gasteiger partial charge in [-0.15, -0.1) is 0 Å². The molecule has 0 spiro atoms. The summed E-state index contributed by atoms with van der Waals surface area (Å²) in [5.41, 5.74) is 0.541. The molecule has 23 heavy (non-hydrogen) atoms. The van der Waals surface area contributed by atoms with Crippen LogP contribution in [-0.4, -0.2) is 68.9 Å². The first kappa shape index (κ1) is 15.9. The Kier molecular flexibility index (Phi) is 3.84. The van der Waals surface area contributed by atoms with Crippen LogP contribution in [0.5, 0.6) is 5.88 Å². The zero-order chi connectivity index (χ0) is 16.9. The van der Waals surface area contributed by atoms with Gasteiger partial charge in [-0.2, -0.15) is 0 Å². The van der Waals surface area contributed by atoms with Crippen molar-refractivity contribution in [3.63, 3.8) is 0 Å². The third-order valence-electron chi connectivity index (χ3n) is 3.91. The van der Waals surface area contributed by atoms with Gasteiger partial charge in [0.25, 0.3) is 0 Å². The van der Waals surface area contributed by atoms with Gasteiger partial charge in [-0.05, 0) is 0 Å². The van der Waals surface area contributed by atoms with Crippen molar-refractivity contribution in [3.05, 3.63) is 6.33 Å². The van der Waals surface area contributed by atoms with Gasteiger partial charge in [-0.25, -0.2) is 9.55 Å². The number of nitrogens with zero attached hydrogens (tertiary/aromatic N) is 5. The van der Waals surface area contributed by atoms with E-state index >= 15 is 0 Å². The number of aliphatic hydroxyl groups is 3. The molecule has 4 atom stereocenters. The minimum Gasteiger partial charge on any atom is -0.856 e. The van der Waals surface area contributed by atoms with Gasteiger partial charge in [-0.3, -0.25) is 4.57 Å². The lowest BCUT2D eigenvalue weighted by molar-refractivity contribution is -0.745. The van der Waals surface area contributed by atoms with Crippen LogP contribution in [0.4, 0.5) is 5.95 Å². The van der Waals surface area contributed by atoms with Crippen LogP contribution < -0.4 is 14.6 Å². The Bertz CT molecular complexity index is 733. The molecule has 1 aliphatic heterocycles. The fourth-order valence-corrected chi connectivity index (χ4v) is 2.70. The quantitative estimate of drug-likeness (QED) is 0.509. The number of rotatable bonds is 3. The van der Waals surface area contributed by atoms with Crippen LogP contribution >= 0.6 is 0 Å². The zero-order valence-electron chi connectivity index (χ0n) is 13.0. The molecule has 2 aromatic heterocycles. The second-order valence-electron chi connectivity index (χ2n) is 5.76. The third-order valence-corrected chi connectivity index (χ3v) is 3.91. The molecule has 10 heteroatoms. The van der Waals surface area contributed by atoms with Crippen LogP contribution in [-0.2, 0) is 11.8 Å². The van der Waals surface area contributed by atoms with Crippen LogP contribution in [0.15, 0.2) is 6.33 Å². The van der Waals surface area contributed by atoms with Crippen LogP contribution in [0.3, 0.4) is 0 Å². The average molecular weight is 325 g/mol. The number of aryl methyl sites for hydroxylation is 1. The molecular formula is C13H19N5O5. The SMILES string of the molecule is CN(C)c1nc([O-])c2c(n1)[n+]([C@@H]1O[C@H](CO)[C@@H](O)[C@H]1O)cn2C. The standard InChI is InChI=1S/C13H19N5O5/c1-16(2)13-14-10-7(11(22)15-13)17(3)5-18(10)12-9(21)8(20)6(4-19)23-12/h5-6,8-9,12,19-21H,4H2,1-3H3/t6-,8-,9-,12-/m1/s1. The third kappa shape index (κ3) is 2.39. The van der Waals surface area contributed by atoms with E-state index in [2.05, 4.69) is 9.97 Å². The second kappa shape index (κ2) is 5.57. The molecule has 3 rings (SSSR count). The minimum absolute atomic E-state index is 0.231. The van der Waals surface area contributed by atoms with E-state index in [0.29, 0.717) is 0 Å². The van der Waals surface area contributed by atoms with Crippen molar-refractivity contribution in [2.45, 2.75) is 24.5 Å². The molecule has 0 bridgehead atoms. The summed E-state index contributed by atoms with van der Waals surface area (Å²) in [6.07, 6.45) is -2.80. The average Bonchev–Trinajstić information content (AvgIpc) is 2.98. The van der Waals surface area contributed by atoms with Crippen molar-refractivity contribution in [2.24, 2.45) is 7.05 Å². The molecule has 10 nitrogen and oxygen atoms in total. The monoisotopic (exact) mass is 325 g/mol. The zero-order valence-corrected chi connectivity index (χ0v) is 13.0. The van der Waals surface area contributed by atoms with E-state index in [1.54, 1.807) is 32.4 Å². The summed E-state index contributed by atoms with van der Waals surface area (Å²) in [6, 6.07) is 0. The predicted octanol–water partition coefficient (Wildman–Crippen LogP) is -2.99. The summed E-state index contributed by atoms with van der Waals surface area (Å²) >= 11 is 0. The molecule has 0 aliphatic carbocycles. The molecule has 126 valence electrons. The van der Waals surface area contributed by atoms with Gasteiger partial charge in [0.05, 0.1) is 13.7 Å². The van der Waals surface area contributed by atoms with Crippen molar-refractivity contribution in [1.29, 1.82) is 0 Å². The van der Waals surface area contributed by atoms with Gasteiger partial charge in [0, 0.05) is 20.0 Å². The molecule has 0 radical (unpaired) electrons. The molecule has 3 N–H and O–H groups in total. The fraction of sp³-hybridized carbons (Fsp3) is 0.615. The molecule has 3 heterocycles. The molecule has 0 saturated carbocycles. The largest absolute Gasteiger partial charge is 0.856 e. The Labute approximate surface area is 131 Å². The van der Waals surface area contributed by atoms with E-state index in [1.807, 2.05) is 0 Å². The lowest BCUT2D eigenvalue weighted by atomic mass is 10.1. The molecule has 1 saturated heterocycles. The van der Waals surface area contributed by atoms with Gasteiger partial charge in [0.2, 0.25) is 6.23 Å². The van der Waals surface area contributed by atoms with Crippen molar-refractivity contribution >= 4 is 17.1 Å². The summed E-state index contributed by atoms with van der Waals surface area (Å²) in [7, 11) is 5.07. The summed E-state index contributed by atoms with van der Waals surface area (Å²) in [6.45, 7) is -0.426. The predicted molar refractivity (Wildman–Crippen MR) is 75.5 cm³/mol. The van der Waals surface area contributed by atoms with Crippen LogP contribution in [0.2, 0.25) is 0 Å². The van der Waals surface area contributed by atoms with Crippen molar-refractivity contribution < 1.29 is 29.7 Å². The minimum atomic E-state index is -1.25. The summed E-state index contributed by atoms with van der Waals surface area (Å²) in [5, 5.41) is 41.5. The first-order chi connectivity index (χ1) is 10.8. The highest BCUT2D eigenvalue weighted by atomic mass is 16.6. The number of imidazole rings is 1. The number of anilines is 1. The molecule has 0 aromatic carbocycles. The van der Waals surface area contributed by atoms with Gasteiger partial charge < -0.3 is 30.1 Å². The van der Waals surface area contributed by atoms with E-state index in [-0.39, 0.29) is 17.1 Å². The Morgan fingerprint density at radius 2 is 2.04 bits per heavy atom. The van der Waals surface area contributed by atoms with E-state index in [4.69, 9.17) is 4.74 Å². The lowest BCUT2D eigenvalue weighted by Gasteiger charge is -2.13. The number of ether oxygens (including phenoxy) is 1. The van der Waals surface area contributed by atoms with Gasteiger partial charge in [0.1, 0.15) is 18.3 Å². The highest BCUT2D eigenvalue weighted by molar-refractivity contribution is 5.74. The first-order valence-electron chi connectivity index (χ1n) is 7.10. The molecule has 0 amide bonds. The van der Waals surface area contributed by atoms with Gasteiger partial charge in [0.15, 0.2) is 11.8 Å². The maximum absolute atomic E-state index is 12.2. The number of fused-ring (bicyclic) bond motifs is 1. The maximum Gasteiger partial charge on any atom is 0.309 e. The molecule has 2 aromatic rings. The smallest absolute Gasteiger partial charge is 0.309 e. The maximum atomic E-state index is 12.2. The Morgan fingerprint density at radius 1 is 1.35 bits per heavy atom. The number of hydrogen-bond acceptors (Lipinski definition) is 8. The number of aromatic nitrogens is 4. The van der Waals surface area contributed by atoms with Crippen molar-refractivity contribution in [2.75, 3.05) is 25.6 Å². The molecule has 1 aliphatic rings. The Balaban J connectivity index is 2.15. The summed E-state index contributed by atoms with van der Waals surface area (Å²) in [5.74, 6) is -0.221. The Hall–Kier alpha value is -2.01. The van der Waals surface area contributed by atoms with Crippen molar-refractivity contribution in [1.82, 2.24) is 14.5 Å². The first-order valence-corrected chi connectivity index (χ1v) is 7.10. The topological polar surface area (TPSA) is 131 Å².